The third-order valence-electron chi connectivity index (χ3n) is 1.03. The Bertz CT molecular complexity index is 147. The van der Waals surface area contributed by atoms with E-state index in [1.165, 1.54) is 13.0 Å². The third-order valence-corrected chi connectivity index (χ3v) is 1.03. The normalized spacial score (nSPS) is 12.2. The molecule has 0 saturated heterocycles. The molecule has 0 fully saturated rings. The first-order valence-corrected chi connectivity index (χ1v) is 2.60. The summed E-state index contributed by atoms with van der Waals surface area (Å²) in [5.41, 5.74) is 0.185. The van der Waals surface area contributed by atoms with Crippen LogP contribution in [0.3, 0.4) is 0 Å². The highest BCUT2D eigenvalue weighted by Crippen LogP contribution is 2.00. The van der Waals surface area contributed by atoms with Crippen molar-refractivity contribution in [3.8, 4) is 0 Å². The molecule has 0 saturated carbocycles. The van der Waals surface area contributed by atoms with Gasteiger partial charge in [-0.25, -0.2) is 0 Å². The molecule has 2 heteroatoms. The SMILES string of the molecule is C=CC(O)C(=C)C(C)=O. The predicted octanol–water partition coefficient (Wildman–Crippen LogP) is 0.678. The predicted molar refractivity (Wildman–Crippen MR) is 36.0 cm³/mol. The topological polar surface area (TPSA) is 37.3 Å². The van der Waals surface area contributed by atoms with Crippen LogP contribution < -0.4 is 0 Å². The molecule has 0 bridgehead atoms. The molecule has 0 rings (SSSR count). The zero-order valence-corrected chi connectivity index (χ0v) is 5.42. The molecule has 2 nitrogen and oxygen atoms in total. The van der Waals surface area contributed by atoms with E-state index in [0.29, 0.717) is 0 Å². The van der Waals surface area contributed by atoms with Crippen molar-refractivity contribution in [2.45, 2.75) is 13.0 Å². The summed E-state index contributed by atoms with van der Waals surface area (Å²) >= 11 is 0. The van der Waals surface area contributed by atoms with Gasteiger partial charge in [-0.1, -0.05) is 12.7 Å². The summed E-state index contributed by atoms with van der Waals surface area (Å²) in [5.74, 6) is -0.206. The van der Waals surface area contributed by atoms with E-state index in [4.69, 9.17) is 5.11 Å². The van der Waals surface area contributed by atoms with Gasteiger partial charge >= 0.3 is 0 Å². The highest BCUT2D eigenvalue weighted by atomic mass is 16.3. The minimum atomic E-state index is -0.887. The molecule has 0 spiro atoms. The molecule has 0 aromatic carbocycles. The molecule has 0 aliphatic carbocycles. The fraction of sp³-hybridized carbons (Fsp3) is 0.286. The van der Waals surface area contributed by atoms with Crippen LogP contribution in [0.1, 0.15) is 6.92 Å². The Morgan fingerprint density at radius 2 is 2.22 bits per heavy atom. The fourth-order valence-corrected chi connectivity index (χ4v) is 0.351. The Hall–Kier alpha value is -0.890. The second kappa shape index (κ2) is 3.20. The van der Waals surface area contributed by atoms with Gasteiger partial charge in [0, 0.05) is 5.57 Å². The summed E-state index contributed by atoms with van der Waals surface area (Å²) in [6.45, 7) is 8.01. The molecule has 9 heavy (non-hydrogen) atoms. The van der Waals surface area contributed by atoms with Gasteiger partial charge in [0.15, 0.2) is 5.78 Å². The van der Waals surface area contributed by atoms with Crippen LogP contribution in [-0.2, 0) is 4.79 Å². The zero-order valence-electron chi connectivity index (χ0n) is 5.42. The molecular weight excluding hydrogens is 116 g/mol. The first-order chi connectivity index (χ1) is 4.09. The van der Waals surface area contributed by atoms with Gasteiger partial charge in [0.05, 0.1) is 6.10 Å². The number of carbonyl (C=O) groups is 1. The lowest BCUT2D eigenvalue weighted by molar-refractivity contribution is -0.114. The van der Waals surface area contributed by atoms with E-state index in [-0.39, 0.29) is 11.4 Å². The lowest BCUT2D eigenvalue weighted by Crippen LogP contribution is -2.11. The molecule has 0 radical (unpaired) electrons. The maximum absolute atomic E-state index is 10.4. The molecule has 0 heterocycles. The van der Waals surface area contributed by atoms with E-state index < -0.39 is 6.10 Å². The van der Waals surface area contributed by atoms with Crippen LogP contribution in [-0.4, -0.2) is 17.0 Å². The lowest BCUT2D eigenvalue weighted by atomic mass is 10.1. The van der Waals surface area contributed by atoms with E-state index in [0.717, 1.165) is 0 Å². The van der Waals surface area contributed by atoms with Crippen LogP contribution >= 0.6 is 0 Å². The van der Waals surface area contributed by atoms with E-state index in [9.17, 15) is 4.79 Å². The molecule has 50 valence electrons. The van der Waals surface area contributed by atoms with Gasteiger partial charge in [-0.05, 0) is 6.92 Å². The van der Waals surface area contributed by atoms with Gasteiger partial charge in [-0.3, -0.25) is 4.79 Å². The summed E-state index contributed by atoms with van der Waals surface area (Å²) in [6.07, 6.45) is 0.381. The summed E-state index contributed by atoms with van der Waals surface area (Å²) in [6, 6.07) is 0. The number of aliphatic hydroxyl groups is 1. The summed E-state index contributed by atoms with van der Waals surface area (Å²) < 4.78 is 0. The first-order valence-electron chi connectivity index (χ1n) is 2.60. The van der Waals surface area contributed by atoms with Gasteiger partial charge in [-0.15, -0.1) is 6.58 Å². The number of carbonyl (C=O) groups excluding carboxylic acids is 1. The number of hydrogen-bond acceptors (Lipinski definition) is 2. The molecular formula is C7H10O2. The van der Waals surface area contributed by atoms with Gasteiger partial charge < -0.3 is 5.11 Å². The van der Waals surface area contributed by atoms with Crippen molar-refractivity contribution in [2.24, 2.45) is 0 Å². The summed E-state index contributed by atoms with van der Waals surface area (Å²) in [7, 11) is 0. The number of aliphatic hydroxyl groups excluding tert-OH is 1. The Balaban J connectivity index is 4.03. The molecule has 0 aromatic heterocycles. The highest BCUT2D eigenvalue weighted by molar-refractivity contribution is 5.93. The minimum Gasteiger partial charge on any atom is -0.384 e. The lowest BCUT2D eigenvalue weighted by Gasteiger charge is -2.02. The largest absolute Gasteiger partial charge is 0.384 e. The van der Waals surface area contributed by atoms with Crippen LogP contribution in [0.15, 0.2) is 24.8 Å². The van der Waals surface area contributed by atoms with Crippen molar-refractivity contribution in [3.05, 3.63) is 24.8 Å². The van der Waals surface area contributed by atoms with E-state index in [1.54, 1.807) is 0 Å². The average molecular weight is 126 g/mol. The van der Waals surface area contributed by atoms with Crippen molar-refractivity contribution in [2.75, 3.05) is 0 Å². The van der Waals surface area contributed by atoms with E-state index in [2.05, 4.69) is 13.2 Å². The Morgan fingerprint density at radius 3 is 2.33 bits per heavy atom. The molecule has 1 atom stereocenters. The first kappa shape index (κ1) is 8.11. The second-order valence-corrected chi connectivity index (χ2v) is 1.76. The van der Waals surface area contributed by atoms with Crippen LogP contribution in [0.25, 0.3) is 0 Å². The second-order valence-electron chi connectivity index (χ2n) is 1.76. The fourth-order valence-electron chi connectivity index (χ4n) is 0.351. The molecule has 0 aliphatic heterocycles. The van der Waals surface area contributed by atoms with Crippen molar-refractivity contribution in [1.82, 2.24) is 0 Å². The zero-order chi connectivity index (χ0) is 7.44. The molecule has 0 aliphatic rings. The Labute approximate surface area is 54.5 Å². The Morgan fingerprint density at radius 1 is 1.78 bits per heavy atom. The number of rotatable bonds is 3. The average Bonchev–Trinajstić information content (AvgIpc) is 1.84. The standard InChI is InChI=1S/C7H10O2/c1-4-7(9)5(2)6(3)8/h4,7,9H,1-2H2,3H3. The monoisotopic (exact) mass is 126 g/mol. The maximum atomic E-state index is 10.4. The highest BCUT2D eigenvalue weighted by Gasteiger charge is 2.06. The van der Waals surface area contributed by atoms with Gasteiger partial charge in [-0.2, -0.15) is 0 Å². The van der Waals surface area contributed by atoms with Gasteiger partial charge in [0.1, 0.15) is 0 Å². The van der Waals surface area contributed by atoms with Gasteiger partial charge in [0.25, 0.3) is 0 Å². The minimum absolute atomic E-state index is 0.185. The smallest absolute Gasteiger partial charge is 0.158 e. The summed E-state index contributed by atoms with van der Waals surface area (Å²) in [4.78, 5) is 10.4. The quantitative estimate of drug-likeness (QED) is 0.446. The molecule has 0 aromatic rings. The Kier molecular flexibility index (Phi) is 2.88. The third kappa shape index (κ3) is 2.24. The summed E-state index contributed by atoms with van der Waals surface area (Å²) in [5, 5.41) is 8.86. The van der Waals surface area contributed by atoms with Crippen molar-refractivity contribution < 1.29 is 9.90 Å². The van der Waals surface area contributed by atoms with Crippen LogP contribution in [0.4, 0.5) is 0 Å². The van der Waals surface area contributed by atoms with Crippen LogP contribution in [0, 0.1) is 0 Å². The van der Waals surface area contributed by atoms with E-state index >= 15 is 0 Å². The van der Waals surface area contributed by atoms with Crippen molar-refractivity contribution >= 4 is 5.78 Å². The molecule has 0 amide bonds. The van der Waals surface area contributed by atoms with Crippen molar-refractivity contribution in [1.29, 1.82) is 0 Å². The maximum Gasteiger partial charge on any atom is 0.158 e. The number of hydrogen-bond donors (Lipinski definition) is 1. The van der Waals surface area contributed by atoms with Crippen LogP contribution in [0.5, 0.6) is 0 Å². The number of Topliss-reactive ketones (excluding diaryl/α,β-unsaturated/α-hetero) is 1. The van der Waals surface area contributed by atoms with Gasteiger partial charge in [0.2, 0.25) is 0 Å². The molecule has 1 unspecified atom stereocenters. The van der Waals surface area contributed by atoms with E-state index in [1.807, 2.05) is 0 Å². The van der Waals surface area contributed by atoms with Crippen molar-refractivity contribution in [3.63, 3.8) is 0 Å². The number of ketones is 1. The molecule has 1 N–H and O–H groups in total. The van der Waals surface area contributed by atoms with Crippen LogP contribution in [0.2, 0.25) is 0 Å².